The van der Waals surface area contributed by atoms with Gasteiger partial charge in [0.25, 0.3) is 0 Å². The number of carbonyl (C=O) groups is 1. The van der Waals surface area contributed by atoms with Crippen LogP contribution in [0.25, 0.3) is 0 Å². The lowest BCUT2D eigenvalue weighted by molar-refractivity contribution is -0.137. The summed E-state index contributed by atoms with van der Waals surface area (Å²) in [5, 5.41) is 12.5. The zero-order valence-electron chi connectivity index (χ0n) is 11.7. The van der Waals surface area contributed by atoms with Crippen molar-refractivity contribution >= 4 is 5.91 Å². The number of ether oxygens (including phenoxy) is 1. The van der Waals surface area contributed by atoms with Gasteiger partial charge in [-0.1, -0.05) is 13.8 Å². The Bertz CT molecular complexity index is 253. The van der Waals surface area contributed by atoms with Gasteiger partial charge in [-0.3, -0.25) is 4.79 Å². The standard InChI is InChI=1S/C13H26N2O3/c1-10(2)8-12(9-16)14-11(3)13(17)15-4-6-18-7-5-15/h10-12,14,16H,4-9H2,1-3H3. The minimum absolute atomic E-state index is 0.00927. The molecule has 1 saturated heterocycles. The van der Waals surface area contributed by atoms with E-state index in [1.54, 1.807) is 0 Å². The summed E-state index contributed by atoms with van der Waals surface area (Å²) in [6.07, 6.45) is 0.872. The second kappa shape index (κ2) is 7.71. The predicted octanol–water partition coefficient (Wildman–Crippen LogP) is 0.230. The van der Waals surface area contributed by atoms with Crippen LogP contribution in [0.15, 0.2) is 0 Å². The first kappa shape index (κ1) is 15.4. The van der Waals surface area contributed by atoms with Crippen molar-refractivity contribution in [1.29, 1.82) is 0 Å². The highest BCUT2D eigenvalue weighted by atomic mass is 16.5. The van der Waals surface area contributed by atoms with Gasteiger partial charge in [0.1, 0.15) is 0 Å². The van der Waals surface area contributed by atoms with Crippen LogP contribution in [-0.4, -0.2) is 60.9 Å². The van der Waals surface area contributed by atoms with Crippen molar-refractivity contribution < 1.29 is 14.6 Å². The lowest BCUT2D eigenvalue weighted by Gasteiger charge is -2.31. The number of hydrogen-bond acceptors (Lipinski definition) is 4. The molecule has 106 valence electrons. The molecule has 1 fully saturated rings. The molecular formula is C13H26N2O3. The predicted molar refractivity (Wildman–Crippen MR) is 70.3 cm³/mol. The smallest absolute Gasteiger partial charge is 0.239 e. The van der Waals surface area contributed by atoms with Crippen molar-refractivity contribution in [2.75, 3.05) is 32.9 Å². The summed E-state index contributed by atoms with van der Waals surface area (Å²) < 4.78 is 5.23. The van der Waals surface area contributed by atoms with E-state index in [0.717, 1.165) is 6.42 Å². The van der Waals surface area contributed by atoms with Crippen molar-refractivity contribution in [3.63, 3.8) is 0 Å². The SMILES string of the molecule is CC(C)CC(CO)NC(C)C(=O)N1CCOCC1. The number of nitrogens with zero attached hydrogens (tertiary/aromatic N) is 1. The molecule has 2 N–H and O–H groups in total. The summed E-state index contributed by atoms with van der Waals surface area (Å²) in [7, 11) is 0. The summed E-state index contributed by atoms with van der Waals surface area (Å²) in [6.45, 7) is 8.72. The topological polar surface area (TPSA) is 61.8 Å². The lowest BCUT2D eigenvalue weighted by atomic mass is 10.0. The molecule has 0 saturated carbocycles. The Kier molecular flexibility index (Phi) is 6.60. The van der Waals surface area contributed by atoms with Gasteiger partial charge in [-0.2, -0.15) is 0 Å². The number of hydrogen-bond donors (Lipinski definition) is 2. The van der Waals surface area contributed by atoms with Crippen LogP contribution in [0.3, 0.4) is 0 Å². The van der Waals surface area contributed by atoms with Gasteiger partial charge >= 0.3 is 0 Å². The van der Waals surface area contributed by atoms with Crippen LogP contribution in [0.2, 0.25) is 0 Å². The number of nitrogens with one attached hydrogen (secondary N) is 1. The van der Waals surface area contributed by atoms with Crippen LogP contribution in [0.5, 0.6) is 0 Å². The van der Waals surface area contributed by atoms with Gasteiger partial charge in [-0.25, -0.2) is 0 Å². The Morgan fingerprint density at radius 3 is 2.44 bits per heavy atom. The average Bonchev–Trinajstić information content (AvgIpc) is 2.37. The molecule has 0 spiro atoms. The van der Waals surface area contributed by atoms with E-state index < -0.39 is 0 Å². The van der Waals surface area contributed by atoms with Gasteiger partial charge in [-0.15, -0.1) is 0 Å². The van der Waals surface area contributed by atoms with Crippen molar-refractivity contribution in [2.45, 2.75) is 39.3 Å². The van der Waals surface area contributed by atoms with E-state index in [-0.39, 0.29) is 24.6 Å². The molecule has 1 heterocycles. The van der Waals surface area contributed by atoms with Gasteiger partial charge in [0, 0.05) is 19.1 Å². The molecule has 0 bridgehead atoms. The molecule has 0 aromatic carbocycles. The van der Waals surface area contributed by atoms with Gasteiger partial charge in [0.2, 0.25) is 5.91 Å². The molecule has 5 heteroatoms. The molecule has 0 radical (unpaired) electrons. The molecule has 1 aliphatic rings. The van der Waals surface area contributed by atoms with Crippen molar-refractivity contribution in [3.05, 3.63) is 0 Å². The molecule has 0 aromatic rings. The highest BCUT2D eigenvalue weighted by Gasteiger charge is 2.24. The molecule has 18 heavy (non-hydrogen) atoms. The molecule has 0 aromatic heterocycles. The van der Waals surface area contributed by atoms with Crippen molar-refractivity contribution in [2.24, 2.45) is 5.92 Å². The molecule has 1 rings (SSSR count). The van der Waals surface area contributed by atoms with Crippen LogP contribution >= 0.6 is 0 Å². The number of amides is 1. The van der Waals surface area contributed by atoms with Gasteiger partial charge in [-0.05, 0) is 19.3 Å². The molecule has 1 aliphatic heterocycles. The van der Waals surface area contributed by atoms with E-state index >= 15 is 0 Å². The van der Waals surface area contributed by atoms with Crippen LogP contribution in [0.4, 0.5) is 0 Å². The van der Waals surface area contributed by atoms with Crippen molar-refractivity contribution in [3.8, 4) is 0 Å². The first-order chi connectivity index (χ1) is 8.54. The number of aliphatic hydroxyl groups excluding tert-OH is 1. The number of morpholine rings is 1. The summed E-state index contributed by atoms with van der Waals surface area (Å²) in [5.74, 6) is 0.598. The molecule has 2 unspecified atom stereocenters. The second-order valence-electron chi connectivity index (χ2n) is 5.34. The summed E-state index contributed by atoms with van der Waals surface area (Å²) in [6, 6.07) is -0.260. The summed E-state index contributed by atoms with van der Waals surface area (Å²) >= 11 is 0. The third-order valence-electron chi connectivity index (χ3n) is 3.16. The van der Waals surface area contributed by atoms with E-state index in [1.165, 1.54) is 0 Å². The largest absolute Gasteiger partial charge is 0.395 e. The van der Waals surface area contributed by atoms with E-state index in [0.29, 0.717) is 32.2 Å². The summed E-state index contributed by atoms with van der Waals surface area (Å²) in [5.41, 5.74) is 0. The van der Waals surface area contributed by atoms with E-state index in [2.05, 4.69) is 19.2 Å². The highest BCUT2D eigenvalue weighted by molar-refractivity contribution is 5.81. The second-order valence-corrected chi connectivity index (χ2v) is 5.34. The van der Waals surface area contributed by atoms with Crippen LogP contribution in [-0.2, 0) is 9.53 Å². The van der Waals surface area contributed by atoms with E-state index in [1.807, 2.05) is 11.8 Å². The zero-order chi connectivity index (χ0) is 13.5. The van der Waals surface area contributed by atoms with Gasteiger partial charge in [0.15, 0.2) is 0 Å². The Balaban J connectivity index is 2.41. The van der Waals surface area contributed by atoms with E-state index in [4.69, 9.17) is 4.74 Å². The Labute approximate surface area is 109 Å². The van der Waals surface area contributed by atoms with Crippen molar-refractivity contribution in [1.82, 2.24) is 10.2 Å². The summed E-state index contributed by atoms with van der Waals surface area (Å²) in [4.78, 5) is 14.0. The molecule has 0 aliphatic carbocycles. The maximum Gasteiger partial charge on any atom is 0.239 e. The van der Waals surface area contributed by atoms with E-state index in [9.17, 15) is 9.90 Å². The quantitative estimate of drug-likeness (QED) is 0.716. The fourth-order valence-corrected chi connectivity index (χ4v) is 2.25. The van der Waals surface area contributed by atoms with Gasteiger partial charge < -0.3 is 20.1 Å². The first-order valence-corrected chi connectivity index (χ1v) is 6.78. The van der Waals surface area contributed by atoms with Crippen LogP contribution in [0, 0.1) is 5.92 Å². The maximum atomic E-state index is 12.2. The molecule has 5 nitrogen and oxygen atoms in total. The number of rotatable bonds is 6. The van der Waals surface area contributed by atoms with Crippen LogP contribution < -0.4 is 5.32 Å². The Morgan fingerprint density at radius 1 is 1.33 bits per heavy atom. The fourth-order valence-electron chi connectivity index (χ4n) is 2.25. The third-order valence-corrected chi connectivity index (χ3v) is 3.16. The monoisotopic (exact) mass is 258 g/mol. The van der Waals surface area contributed by atoms with Crippen LogP contribution in [0.1, 0.15) is 27.2 Å². The maximum absolute atomic E-state index is 12.2. The minimum atomic E-state index is -0.251. The first-order valence-electron chi connectivity index (χ1n) is 6.78. The fraction of sp³-hybridized carbons (Fsp3) is 0.923. The number of carbonyl (C=O) groups excluding carboxylic acids is 1. The highest BCUT2D eigenvalue weighted by Crippen LogP contribution is 2.07. The molecule has 2 atom stereocenters. The zero-order valence-corrected chi connectivity index (χ0v) is 11.7. The minimum Gasteiger partial charge on any atom is -0.395 e. The molecule has 1 amide bonds. The normalized spacial score (nSPS) is 19.9. The third kappa shape index (κ3) is 4.92. The number of aliphatic hydroxyl groups is 1. The Hall–Kier alpha value is -0.650. The van der Waals surface area contributed by atoms with Gasteiger partial charge in [0.05, 0.1) is 25.9 Å². The Morgan fingerprint density at radius 2 is 1.94 bits per heavy atom. The molecular weight excluding hydrogens is 232 g/mol. The lowest BCUT2D eigenvalue weighted by Crippen LogP contribution is -2.52. The average molecular weight is 258 g/mol.